The van der Waals surface area contributed by atoms with Crippen molar-refractivity contribution in [3.05, 3.63) is 29.8 Å². The van der Waals surface area contributed by atoms with E-state index in [0.29, 0.717) is 23.8 Å². The van der Waals surface area contributed by atoms with Gasteiger partial charge in [-0.15, -0.1) is 0 Å². The van der Waals surface area contributed by atoms with Crippen molar-refractivity contribution in [1.82, 2.24) is 5.32 Å². The molecule has 0 heterocycles. The number of benzene rings is 1. The van der Waals surface area contributed by atoms with Gasteiger partial charge in [0, 0.05) is 6.54 Å². The van der Waals surface area contributed by atoms with Gasteiger partial charge in [-0.2, -0.15) is 0 Å². The minimum atomic E-state index is -0.588. The molecule has 0 fully saturated rings. The summed E-state index contributed by atoms with van der Waals surface area (Å²) in [7, 11) is 1.34. The van der Waals surface area contributed by atoms with Crippen molar-refractivity contribution in [1.29, 1.82) is 0 Å². The molecule has 5 nitrogen and oxygen atoms in total. The van der Waals surface area contributed by atoms with Crippen LogP contribution in [0.1, 0.15) is 49.9 Å². The van der Waals surface area contributed by atoms with Gasteiger partial charge in [0.1, 0.15) is 18.5 Å². The lowest BCUT2D eigenvalue weighted by atomic mass is 9.99. The number of carbonyl (C=O) groups excluding carboxylic acids is 1. The Kier molecular flexibility index (Phi) is 10.1. The lowest BCUT2D eigenvalue weighted by Gasteiger charge is -2.18. The van der Waals surface area contributed by atoms with Crippen LogP contribution in [-0.4, -0.2) is 44.0 Å². The van der Waals surface area contributed by atoms with Crippen molar-refractivity contribution in [2.45, 2.75) is 45.6 Å². The highest BCUT2D eigenvalue weighted by atomic mass is 16.5. The molecule has 1 aromatic rings. The van der Waals surface area contributed by atoms with Gasteiger partial charge >= 0.3 is 5.97 Å². The molecule has 24 heavy (non-hydrogen) atoms. The van der Waals surface area contributed by atoms with Gasteiger partial charge < -0.3 is 19.9 Å². The Morgan fingerprint density at radius 2 is 2.08 bits per heavy atom. The summed E-state index contributed by atoms with van der Waals surface area (Å²) in [5.41, 5.74) is 0.435. The minimum Gasteiger partial charge on any atom is -0.491 e. The van der Waals surface area contributed by atoms with E-state index in [0.717, 1.165) is 13.0 Å². The first-order chi connectivity index (χ1) is 11.6. The van der Waals surface area contributed by atoms with Gasteiger partial charge in [-0.1, -0.05) is 39.2 Å². The number of hydrogen-bond acceptors (Lipinski definition) is 5. The zero-order chi connectivity index (χ0) is 17.8. The maximum Gasteiger partial charge on any atom is 0.337 e. The van der Waals surface area contributed by atoms with Crippen LogP contribution in [0.25, 0.3) is 0 Å². The van der Waals surface area contributed by atoms with Gasteiger partial charge in [0.15, 0.2) is 0 Å². The number of esters is 1. The van der Waals surface area contributed by atoms with Crippen LogP contribution < -0.4 is 10.1 Å². The van der Waals surface area contributed by atoms with Crippen molar-refractivity contribution >= 4 is 5.97 Å². The van der Waals surface area contributed by atoms with Crippen LogP contribution in [0.3, 0.4) is 0 Å². The Hall–Kier alpha value is -1.59. The first kappa shape index (κ1) is 20.5. The van der Waals surface area contributed by atoms with E-state index in [1.807, 2.05) is 0 Å². The quantitative estimate of drug-likeness (QED) is 0.574. The van der Waals surface area contributed by atoms with Crippen molar-refractivity contribution in [2.24, 2.45) is 5.92 Å². The monoisotopic (exact) mass is 337 g/mol. The largest absolute Gasteiger partial charge is 0.491 e. The molecule has 0 aliphatic carbocycles. The molecule has 1 aromatic carbocycles. The summed E-state index contributed by atoms with van der Waals surface area (Å²) in [6, 6.07) is 6.76. The average Bonchev–Trinajstić information content (AvgIpc) is 2.62. The number of methoxy groups -OCH3 is 1. The zero-order valence-corrected chi connectivity index (χ0v) is 15.1. The molecule has 2 unspecified atom stereocenters. The molecule has 0 aliphatic rings. The Balaban J connectivity index is 2.30. The smallest absolute Gasteiger partial charge is 0.337 e. The fourth-order valence-electron chi connectivity index (χ4n) is 2.48. The lowest BCUT2D eigenvalue weighted by Crippen LogP contribution is -2.34. The molecule has 0 aromatic heterocycles. The van der Waals surface area contributed by atoms with Gasteiger partial charge in [0.2, 0.25) is 0 Å². The number of nitrogens with one attached hydrogen (secondary N) is 1. The number of hydrogen-bond donors (Lipinski definition) is 2. The predicted octanol–water partition coefficient (Wildman–Crippen LogP) is 3.02. The van der Waals surface area contributed by atoms with Crippen LogP contribution in [0.5, 0.6) is 5.75 Å². The fraction of sp³-hybridized carbons (Fsp3) is 0.632. The summed E-state index contributed by atoms with van der Waals surface area (Å²) in [6.07, 6.45) is 4.27. The standard InChI is InChI=1S/C19H31NO4/c1-4-6-8-15(5-2)12-20-13-17(21)14-24-18-10-7-9-16(11-18)19(22)23-3/h7,9-11,15,17,20-21H,4-6,8,12-14H2,1-3H3. The van der Waals surface area contributed by atoms with Gasteiger partial charge in [0.25, 0.3) is 0 Å². The molecule has 136 valence electrons. The van der Waals surface area contributed by atoms with Crippen LogP contribution in [0, 0.1) is 5.92 Å². The molecule has 0 spiro atoms. The van der Waals surface area contributed by atoms with Crippen LogP contribution in [-0.2, 0) is 4.74 Å². The minimum absolute atomic E-state index is 0.184. The zero-order valence-electron chi connectivity index (χ0n) is 15.1. The molecule has 0 bridgehead atoms. The topological polar surface area (TPSA) is 67.8 Å². The average molecular weight is 337 g/mol. The fourth-order valence-corrected chi connectivity index (χ4v) is 2.48. The summed E-state index contributed by atoms with van der Waals surface area (Å²) >= 11 is 0. The predicted molar refractivity (Wildman–Crippen MR) is 95.5 cm³/mol. The van der Waals surface area contributed by atoms with Crippen molar-refractivity contribution in [2.75, 3.05) is 26.8 Å². The molecule has 0 saturated heterocycles. The van der Waals surface area contributed by atoms with Crippen LogP contribution in [0.4, 0.5) is 0 Å². The Bertz CT molecular complexity index is 478. The summed E-state index contributed by atoms with van der Waals surface area (Å²) in [5.74, 6) is 0.807. The number of carbonyl (C=O) groups is 1. The van der Waals surface area contributed by atoms with E-state index < -0.39 is 12.1 Å². The molecule has 0 saturated carbocycles. The SMILES string of the molecule is CCCCC(CC)CNCC(O)COc1cccc(C(=O)OC)c1. The Morgan fingerprint density at radius 3 is 2.75 bits per heavy atom. The van der Waals surface area contributed by atoms with Crippen molar-refractivity contribution < 1.29 is 19.4 Å². The lowest BCUT2D eigenvalue weighted by molar-refractivity contribution is 0.0600. The number of rotatable bonds is 12. The Labute approximate surface area is 145 Å². The number of aliphatic hydroxyl groups is 1. The first-order valence-corrected chi connectivity index (χ1v) is 8.80. The van der Waals surface area contributed by atoms with E-state index in [9.17, 15) is 9.90 Å². The van der Waals surface area contributed by atoms with Gasteiger partial charge in [-0.05, 0) is 37.1 Å². The van der Waals surface area contributed by atoms with E-state index in [4.69, 9.17) is 4.74 Å². The molecule has 0 amide bonds. The van der Waals surface area contributed by atoms with Gasteiger partial charge in [0.05, 0.1) is 12.7 Å². The highest BCUT2D eigenvalue weighted by Crippen LogP contribution is 2.14. The third-order valence-electron chi connectivity index (χ3n) is 4.05. The highest BCUT2D eigenvalue weighted by molar-refractivity contribution is 5.89. The molecule has 1 rings (SSSR count). The van der Waals surface area contributed by atoms with E-state index in [2.05, 4.69) is 23.9 Å². The third kappa shape index (κ3) is 7.79. The molecule has 2 atom stereocenters. The first-order valence-electron chi connectivity index (χ1n) is 8.80. The maximum absolute atomic E-state index is 11.5. The number of unbranched alkanes of at least 4 members (excludes halogenated alkanes) is 1. The molecular weight excluding hydrogens is 306 g/mol. The maximum atomic E-state index is 11.5. The number of aliphatic hydroxyl groups excluding tert-OH is 1. The molecule has 5 heteroatoms. The van der Waals surface area contributed by atoms with Crippen molar-refractivity contribution in [3.8, 4) is 5.75 Å². The molecule has 0 aliphatic heterocycles. The summed E-state index contributed by atoms with van der Waals surface area (Å²) in [4.78, 5) is 11.5. The van der Waals surface area contributed by atoms with E-state index in [1.165, 1.54) is 26.4 Å². The second-order valence-electron chi connectivity index (χ2n) is 6.06. The van der Waals surface area contributed by atoms with Gasteiger partial charge in [-0.25, -0.2) is 4.79 Å². The summed E-state index contributed by atoms with van der Waals surface area (Å²) < 4.78 is 10.2. The second-order valence-corrected chi connectivity index (χ2v) is 6.06. The van der Waals surface area contributed by atoms with Crippen LogP contribution in [0.2, 0.25) is 0 Å². The van der Waals surface area contributed by atoms with Crippen LogP contribution >= 0.6 is 0 Å². The van der Waals surface area contributed by atoms with E-state index in [-0.39, 0.29) is 6.61 Å². The van der Waals surface area contributed by atoms with Crippen LogP contribution in [0.15, 0.2) is 24.3 Å². The second kappa shape index (κ2) is 11.9. The highest BCUT2D eigenvalue weighted by Gasteiger charge is 2.10. The Morgan fingerprint density at radius 1 is 1.29 bits per heavy atom. The summed E-state index contributed by atoms with van der Waals surface area (Å²) in [5, 5.41) is 13.3. The van der Waals surface area contributed by atoms with E-state index >= 15 is 0 Å². The van der Waals surface area contributed by atoms with Gasteiger partial charge in [-0.3, -0.25) is 0 Å². The molecular formula is C19H31NO4. The summed E-state index contributed by atoms with van der Waals surface area (Å²) in [6.45, 7) is 6.01. The normalized spacial score (nSPS) is 13.3. The third-order valence-corrected chi connectivity index (χ3v) is 4.05. The van der Waals surface area contributed by atoms with Crippen molar-refractivity contribution in [3.63, 3.8) is 0 Å². The number of ether oxygens (including phenoxy) is 2. The molecule has 2 N–H and O–H groups in total. The molecule has 0 radical (unpaired) electrons. The van der Waals surface area contributed by atoms with E-state index in [1.54, 1.807) is 24.3 Å².